The van der Waals surface area contributed by atoms with Crippen molar-refractivity contribution in [2.45, 2.75) is 37.0 Å². The molecule has 25 heavy (non-hydrogen) atoms. The molecule has 5 heteroatoms. The molecule has 3 saturated heterocycles. The fraction of sp³-hybridized carbons (Fsp3) is 0.400. The second-order valence-electron chi connectivity index (χ2n) is 6.57. The van der Waals surface area contributed by atoms with Crippen molar-refractivity contribution in [2.75, 3.05) is 13.2 Å². The normalized spacial score (nSPS) is 37.3. The van der Waals surface area contributed by atoms with Crippen LogP contribution in [0.15, 0.2) is 60.7 Å². The van der Waals surface area contributed by atoms with Crippen LogP contribution in [0.25, 0.3) is 0 Å². The molecule has 0 amide bonds. The molecule has 3 aliphatic heterocycles. The Bertz CT molecular complexity index is 707. The molecule has 2 aromatic rings. The van der Waals surface area contributed by atoms with E-state index in [9.17, 15) is 0 Å². The maximum absolute atomic E-state index is 6.22. The first-order chi connectivity index (χ1) is 12.4. The number of hydrogen-bond donors (Lipinski definition) is 0. The van der Waals surface area contributed by atoms with E-state index in [1.807, 2.05) is 60.7 Å². The number of rotatable bonds is 2. The monoisotopic (exact) mass is 340 g/mol. The van der Waals surface area contributed by atoms with E-state index >= 15 is 0 Å². The van der Waals surface area contributed by atoms with E-state index in [0.29, 0.717) is 13.2 Å². The van der Waals surface area contributed by atoms with Crippen LogP contribution < -0.4 is 0 Å². The summed E-state index contributed by atoms with van der Waals surface area (Å²) >= 11 is 0. The lowest BCUT2D eigenvalue weighted by atomic mass is 9.99. The lowest BCUT2D eigenvalue weighted by molar-refractivity contribution is -0.302. The van der Waals surface area contributed by atoms with E-state index in [0.717, 1.165) is 11.1 Å². The van der Waals surface area contributed by atoms with Crippen molar-refractivity contribution in [3.63, 3.8) is 0 Å². The highest BCUT2D eigenvalue weighted by atomic mass is 16.8. The lowest BCUT2D eigenvalue weighted by Crippen LogP contribution is -2.57. The van der Waals surface area contributed by atoms with Gasteiger partial charge in [-0.25, -0.2) is 0 Å². The molecule has 0 bridgehead atoms. The second kappa shape index (κ2) is 6.52. The van der Waals surface area contributed by atoms with Crippen LogP contribution in [0, 0.1) is 0 Å². The van der Waals surface area contributed by atoms with E-state index in [2.05, 4.69) is 0 Å². The van der Waals surface area contributed by atoms with Crippen molar-refractivity contribution in [2.24, 2.45) is 0 Å². The van der Waals surface area contributed by atoms with Crippen molar-refractivity contribution in [3.05, 3.63) is 71.8 Å². The van der Waals surface area contributed by atoms with Crippen LogP contribution in [-0.4, -0.2) is 37.6 Å². The van der Waals surface area contributed by atoms with Crippen LogP contribution in [-0.2, 0) is 23.7 Å². The lowest BCUT2D eigenvalue weighted by Gasteiger charge is -2.43. The topological polar surface area (TPSA) is 46.2 Å². The summed E-state index contributed by atoms with van der Waals surface area (Å²) in [6, 6.07) is 19.9. The quantitative estimate of drug-likeness (QED) is 0.841. The highest BCUT2D eigenvalue weighted by molar-refractivity contribution is 5.18. The second-order valence-corrected chi connectivity index (χ2v) is 6.57. The maximum atomic E-state index is 6.22. The molecule has 0 aliphatic carbocycles. The Balaban J connectivity index is 1.35. The van der Waals surface area contributed by atoms with Crippen molar-refractivity contribution in [1.29, 1.82) is 0 Å². The van der Waals surface area contributed by atoms with Gasteiger partial charge in [-0.15, -0.1) is 0 Å². The molecule has 2 aromatic carbocycles. The van der Waals surface area contributed by atoms with E-state index < -0.39 is 6.29 Å². The van der Waals surface area contributed by atoms with Gasteiger partial charge in [0.05, 0.1) is 13.2 Å². The molecule has 0 aromatic heterocycles. The summed E-state index contributed by atoms with van der Waals surface area (Å²) < 4.78 is 30.3. The Morgan fingerprint density at radius 2 is 1.12 bits per heavy atom. The first-order valence-corrected chi connectivity index (χ1v) is 8.68. The van der Waals surface area contributed by atoms with Crippen LogP contribution in [0.1, 0.15) is 23.7 Å². The van der Waals surface area contributed by atoms with Crippen molar-refractivity contribution < 1.29 is 23.7 Å². The molecule has 5 nitrogen and oxygen atoms in total. The highest BCUT2D eigenvalue weighted by Crippen LogP contribution is 2.41. The molecule has 0 spiro atoms. The summed E-state index contributed by atoms with van der Waals surface area (Å²) in [6.07, 6.45) is -1.38. The fourth-order valence-corrected chi connectivity index (χ4v) is 3.67. The number of hydrogen-bond acceptors (Lipinski definition) is 5. The molecular weight excluding hydrogens is 320 g/mol. The first-order valence-electron chi connectivity index (χ1n) is 8.68. The number of fused-ring (bicyclic) bond motifs is 3. The van der Waals surface area contributed by atoms with Crippen LogP contribution in [0.4, 0.5) is 0 Å². The van der Waals surface area contributed by atoms with Crippen LogP contribution in [0.3, 0.4) is 0 Å². The van der Waals surface area contributed by atoms with E-state index in [1.54, 1.807) is 0 Å². The molecule has 0 radical (unpaired) electrons. The molecule has 3 aliphatic rings. The van der Waals surface area contributed by atoms with Gasteiger partial charge in [0.25, 0.3) is 0 Å². The Hall–Kier alpha value is -1.76. The molecule has 0 saturated carbocycles. The maximum Gasteiger partial charge on any atom is 0.184 e. The zero-order valence-corrected chi connectivity index (χ0v) is 13.7. The molecule has 5 rings (SSSR count). The van der Waals surface area contributed by atoms with Gasteiger partial charge in [-0.3, -0.25) is 0 Å². The third-order valence-corrected chi connectivity index (χ3v) is 4.95. The summed E-state index contributed by atoms with van der Waals surface area (Å²) in [6.45, 7) is 0.991. The van der Waals surface area contributed by atoms with Crippen LogP contribution in [0.2, 0.25) is 0 Å². The molecule has 0 N–H and O–H groups in total. The van der Waals surface area contributed by atoms with E-state index in [-0.39, 0.29) is 30.7 Å². The molecule has 130 valence electrons. The van der Waals surface area contributed by atoms with Crippen LogP contribution in [0.5, 0.6) is 0 Å². The predicted octanol–water partition coefficient (Wildman–Crippen LogP) is 2.98. The van der Waals surface area contributed by atoms with Crippen LogP contribution >= 0.6 is 0 Å². The minimum atomic E-state index is -0.399. The Labute approximate surface area is 146 Å². The van der Waals surface area contributed by atoms with Crippen molar-refractivity contribution in [1.82, 2.24) is 0 Å². The largest absolute Gasteiger partial charge is 0.370 e. The minimum absolute atomic E-state index is 0.124. The average molecular weight is 340 g/mol. The third-order valence-electron chi connectivity index (χ3n) is 4.95. The molecule has 3 fully saturated rings. The third kappa shape index (κ3) is 2.88. The van der Waals surface area contributed by atoms with Gasteiger partial charge >= 0.3 is 0 Å². The zero-order chi connectivity index (χ0) is 16.6. The zero-order valence-electron chi connectivity index (χ0n) is 13.7. The molecule has 6 unspecified atom stereocenters. The summed E-state index contributed by atoms with van der Waals surface area (Å²) in [5, 5.41) is 0. The minimum Gasteiger partial charge on any atom is -0.370 e. The molecule has 6 atom stereocenters. The van der Waals surface area contributed by atoms with Gasteiger partial charge in [0, 0.05) is 11.1 Å². The predicted molar refractivity (Wildman–Crippen MR) is 88.7 cm³/mol. The first kappa shape index (κ1) is 15.5. The fourth-order valence-electron chi connectivity index (χ4n) is 3.67. The number of ether oxygens (including phenoxy) is 5. The Kier molecular flexibility index (Phi) is 4.04. The summed E-state index contributed by atoms with van der Waals surface area (Å²) in [5.74, 6) is 0. The van der Waals surface area contributed by atoms with Gasteiger partial charge in [-0.05, 0) is 0 Å². The van der Waals surface area contributed by atoms with Crippen molar-refractivity contribution >= 4 is 0 Å². The molecule has 3 heterocycles. The van der Waals surface area contributed by atoms with Gasteiger partial charge in [-0.2, -0.15) is 0 Å². The molecular formula is C20H20O5. The van der Waals surface area contributed by atoms with Crippen molar-refractivity contribution in [3.8, 4) is 0 Å². The summed E-state index contributed by atoms with van der Waals surface area (Å²) in [7, 11) is 0. The summed E-state index contributed by atoms with van der Waals surface area (Å²) in [5.41, 5.74) is 2.02. The smallest absolute Gasteiger partial charge is 0.184 e. The highest BCUT2D eigenvalue weighted by Gasteiger charge is 2.51. The average Bonchev–Trinajstić information content (AvgIpc) is 3.14. The Morgan fingerprint density at radius 1 is 0.560 bits per heavy atom. The standard InChI is InChI=1S/C20H20O5/c1-3-7-13(8-4-1)19-22-11-15-17(24-19)18-16(12-21-15)23-20(25-18)14-9-5-2-6-10-14/h1-10,15-20H,11-12H2. The van der Waals surface area contributed by atoms with E-state index in [4.69, 9.17) is 23.7 Å². The van der Waals surface area contributed by atoms with Gasteiger partial charge in [0.2, 0.25) is 0 Å². The van der Waals surface area contributed by atoms with Gasteiger partial charge < -0.3 is 23.7 Å². The van der Waals surface area contributed by atoms with E-state index in [1.165, 1.54) is 0 Å². The SMILES string of the molecule is c1ccc(C2OCC3OCC4OC(c5ccccc5)OC4C3O2)cc1. The Morgan fingerprint density at radius 3 is 1.84 bits per heavy atom. The van der Waals surface area contributed by atoms with Gasteiger partial charge in [-0.1, -0.05) is 60.7 Å². The summed E-state index contributed by atoms with van der Waals surface area (Å²) in [4.78, 5) is 0. The van der Waals surface area contributed by atoms with Gasteiger partial charge in [0.15, 0.2) is 12.6 Å². The van der Waals surface area contributed by atoms with Gasteiger partial charge in [0.1, 0.15) is 24.4 Å². The number of benzene rings is 2.